The van der Waals surface area contributed by atoms with Crippen LogP contribution < -0.4 is 4.74 Å². The summed E-state index contributed by atoms with van der Waals surface area (Å²) >= 11 is 0. The molecular weight excluding hydrogens is 296 g/mol. The van der Waals surface area contributed by atoms with Gasteiger partial charge in [-0.15, -0.1) is 0 Å². The predicted molar refractivity (Wildman–Crippen MR) is 82.9 cm³/mol. The van der Waals surface area contributed by atoms with Crippen LogP contribution in [-0.4, -0.2) is 18.9 Å². The van der Waals surface area contributed by atoms with Crippen molar-refractivity contribution >= 4 is 11.8 Å². The maximum absolute atomic E-state index is 12.3. The van der Waals surface area contributed by atoms with E-state index >= 15 is 0 Å². The van der Waals surface area contributed by atoms with E-state index in [0.29, 0.717) is 29.1 Å². The Bertz CT molecular complexity index is 772. The minimum absolute atomic E-state index is 0.0641. The average Bonchev–Trinajstić information content (AvgIpc) is 3.11. The summed E-state index contributed by atoms with van der Waals surface area (Å²) in [6, 6.07) is 5.29. The number of fused-ring (bicyclic) bond motifs is 1. The molecule has 120 valence electrons. The molecule has 0 amide bonds. The van der Waals surface area contributed by atoms with E-state index in [4.69, 9.17) is 13.9 Å². The summed E-state index contributed by atoms with van der Waals surface area (Å²) in [6.45, 7) is 4.11. The molecule has 23 heavy (non-hydrogen) atoms. The molecule has 0 spiro atoms. The van der Waals surface area contributed by atoms with Crippen molar-refractivity contribution in [1.29, 1.82) is 0 Å². The minimum Gasteiger partial charge on any atom is -0.485 e. The lowest BCUT2D eigenvalue weighted by molar-refractivity contribution is 0.0595. The molecule has 0 fully saturated rings. The Morgan fingerprint density at radius 3 is 2.87 bits per heavy atom. The van der Waals surface area contributed by atoms with Gasteiger partial charge in [-0.25, -0.2) is 4.79 Å². The third-order valence-corrected chi connectivity index (χ3v) is 4.20. The first kappa shape index (κ1) is 15.3. The quantitative estimate of drug-likeness (QED) is 0.806. The van der Waals surface area contributed by atoms with E-state index in [1.807, 2.05) is 19.9 Å². The Balaban J connectivity index is 1.87. The Morgan fingerprint density at radius 1 is 1.35 bits per heavy atom. The number of hydrogen-bond donors (Lipinski definition) is 0. The standard InChI is InChI=1S/C18H18O5/c1-10-4-5-14(17-13(19)8-11(2)16(10)17)23-9-15-12(6-7-22-15)18(20)21-3/h4-7,11H,8-9H2,1-3H3/t11-/m0/s1. The van der Waals surface area contributed by atoms with Gasteiger partial charge in [0, 0.05) is 6.42 Å². The minimum atomic E-state index is -0.476. The Hall–Kier alpha value is -2.56. The summed E-state index contributed by atoms with van der Waals surface area (Å²) in [5.41, 5.74) is 3.14. The number of aryl methyl sites for hydroxylation is 1. The van der Waals surface area contributed by atoms with Gasteiger partial charge in [0.15, 0.2) is 11.5 Å². The Labute approximate surface area is 134 Å². The zero-order chi connectivity index (χ0) is 16.6. The van der Waals surface area contributed by atoms with Crippen LogP contribution in [0.15, 0.2) is 28.9 Å². The molecule has 0 radical (unpaired) electrons. The zero-order valence-electron chi connectivity index (χ0n) is 13.3. The van der Waals surface area contributed by atoms with Gasteiger partial charge < -0.3 is 13.9 Å². The number of ketones is 1. The fourth-order valence-corrected chi connectivity index (χ4v) is 3.12. The van der Waals surface area contributed by atoms with Gasteiger partial charge in [0.25, 0.3) is 0 Å². The summed E-state index contributed by atoms with van der Waals surface area (Å²) in [7, 11) is 1.31. The van der Waals surface area contributed by atoms with Crippen LogP contribution in [0.1, 0.15) is 56.9 Å². The van der Waals surface area contributed by atoms with Gasteiger partial charge in [0.2, 0.25) is 0 Å². The highest BCUT2D eigenvalue weighted by molar-refractivity contribution is 6.04. The van der Waals surface area contributed by atoms with Crippen molar-refractivity contribution in [2.75, 3.05) is 7.11 Å². The monoisotopic (exact) mass is 314 g/mol. The number of benzene rings is 1. The summed E-state index contributed by atoms with van der Waals surface area (Å²) in [5, 5.41) is 0. The maximum Gasteiger partial charge on any atom is 0.341 e. The van der Waals surface area contributed by atoms with Crippen molar-refractivity contribution in [2.24, 2.45) is 0 Å². The van der Waals surface area contributed by atoms with Crippen molar-refractivity contribution in [3.05, 3.63) is 52.5 Å². The first-order chi connectivity index (χ1) is 11.0. The van der Waals surface area contributed by atoms with E-state index in [-0.39, 0.29) is 18.3 Å². The molecule has 1 aromatic heterocycles. The highest BCUT2D eigenvalue weighted by Gasteiger charge is 2.31. The van der Waals surface area contributed by atoms with Crippen molar-refractivity contribution in [3.8, 4) is 5.75 Å². The molecule has 0 saturated heterocycles. The van der Waals surface area contributed by atoms with E-state index in [9.17, 15) is 9.59 Å². The lowest BCUT2D eigenvalue weighted by Gasteiger charge is -2.13. The molecule has 0 saturated carbocycles. The third kappa shape index (κ3) is 2.63. The molecule has 0 unspecified atom stereocenters. The molecule has 0 bridgehead atoms. The number of rotatable bonds is 4. The van der Waals surface area contributed by atoms with Crippen molar-refractivity contribution in [3.63, 3.8) is 0 Å². The van der Waals surface area contributed by atoms with Crippen LogP contribution in [0, 0.1) is 6.92 Å². The number of furan rings is 1. The number of carbonyl (C=O) groups is 2. The van der Waals surface area contributed by atoms with Gasteiger partial charge in [-0.2, -0.15) is 0 Å². The first-order valence-corrected chi connectivity index (χ1v) is 7.47. The number of carbonyl (C=O) groups excluding carboxylic acids is 2. The summed E-state index contributed by atoms with van der Waals surface area (Å²) in [4.78, 5) is 23.9. The predicted octanol–water partition coefficient (Wildman–Crippen LogP) is 3.64. The van der Waals surface area contributed by atoms with Gasteiger partial charge in [-0.05, 0) is 36.1 Å². The van der Waals surface area contributed by atoms with E-state index in [1.54, 1.807) is 6.07 Å². The normalized spacial score (nSPS) is 16.3. The fourth-order valence-electron chi connectivity index (χ4n) is 3.12. The van der Waals surface area contributed by atoms with Gasteiger partial charge in [-0.1, -0.05) is 13.0 Å². The van der Waals surface area contributed by atoms with Gasteiger partial charge in [-0.3, -0.25) is 4.79 Å². The maximum atomic E-state index is 12.3. The lowest BCUT2D eigenvalue weighted by Crippen LogP contribution is -2.07. The van der Waals surface area contributed by atoms with Crippen LogP contribution in [0.5, 0.6) is 5.75 Å². The molecule has 1 aliphatic rings. The molecule has 2 aromatic rings. The number of esters is 1. The lowest BCUT2D eigenvalue weighted by atomic mass is 9.97. The van der Waals surface area contributed by atoms with Crippen molar-refractivity contribution in [1.82, 2.24) is 0 Å². The van der Waals surface area contributed by atoms with Crippen LogP contribution >= 0.6 is 0 Å². The van der Waals surface area contributed by atoms with Crippen LogP contribution in [0.3, 0.4) is 0 Å². The highest BCUT2D eigenvalue weighted by Crippen LogP contribution is 2.40. The van der Waals surface area contributed by atoms with Crippen molar-refractivity contribution in [2.45, 2.75) is 32.8 Å². The largest absolute Gasteiger partial charge is 0.485 e. The molecule has 1 heterocycles. The average molecular weight is 314 g/mol. The van der Waals surface area contributed by atoms with Crippen LogP contribution in [0.4, 0.5) is 0 Å². The fraction of sp³-hybridized carbons (Fsp3) is 0.333. The Morgan fingerprint density at radius 2 is 2.13 bits per heavy atom. The van der Waals surface area contributed by atoms with Crippen molar-refractivity contribution < 1.29 is 23.5 Å². The first-order valence-electron chi connectivity index (χ1n) is 7.47. The van der Waals surface area contributed by atoms with Gasteiger partial charge >= 0.3 is 5.97 Å². The molecule has 1 atom stereocenters. The van der Waals surface area contributed by atoms with E-state index < -0.39 is 5.97 Å². The second-order valence-electron chi connectivity index (χ2n) is 5.74. The molecular formula is C18H18O5. The molecule has 1 aromatic carbocycles. The number of hydrogen-bond acceptors (Lipinski definition) is 5. The second kappa shape index (κ2) is 5.91. The van der Waals surface area contributed by atoms with Gasteiger partial charge in [0.1, 0.15) is 17.9 Å². The third-order valence-electron chi connectivity index (χ3n) is 4.20. The van der Waals surface area contributed by atoms with Gasteiger partial charge in [0.05, 0.1) is 18.9 Å². The van der Waals surface area contributed by atoms with Crippen LogP contribution in [0.25, 0.3) is 0 Å². The van der Waals surface area contributed by atoms with E-state index in [1.165, 1.54) is 19.4 Å². The second-order valence-corrected chi connectivity index (χ2v) is 5.74. The molecule has 0 aliphatic heterocycles. The SMILES string of the molecule is COC(=O)c1ccoc1COc1ccc(C)c2c1C(=O)C[C@@H]2C. The number of ether oxygens (including phenoxy) is 2. The molecule has 3 rings (SSSR count). The molecule has 5 heteroatoms. The Kier molecular flexibility index (Phi) is 3.94. The zero-order valence-corrected chi connectivity index (χ0v) is 13.3. The topological polar surface area (TPSA) is 65.7 Å². The van der Waals surface area contributed by atoms with E-state index in [2.05, 4.69) is 0 Å². The highest BCUT2D eigenvalue weighted by atomic mass is 16.5. The van der Waals surface area contributed by atoms with Crippen LogP contribution in [0.2, 0.25) is 0 Å². The smallest absolute Gasteiger partial charge is 0.341 e. The molecule has 5 nitrogen and oxygen atoms in total. The summed E-state index contributed by atoms with van der Waals surface area (Å²) < 4.78 is 15.8. The summed E-state index contributed by atoms with van der Waals surface area (Å²) in [6.07, 6.45) is 1.92. The molecule has 0 N–H and O–H groups in total. The van der Waals surface area contributed by atoms with E-state index in [0.717, 1.165) is 11.1 Å². The van der Waals surface area contributed by atoms with Crippen LogP contribution in [-0.2, 0) is 11.3 Å². The molecule has 1 aliphatic carbocycles. The number of methoxy groups -OCH3 is 1. The summed E-state index contributed by atoms with van der Waals surface area (Å²) in [5.74, 6) is 0.738. The number of Topliss-reactive ketones (excluding diaryl/α,β-unsaturated/α-hetero) is 1.